The number of fused-ring (bicyclic) bond motifs is 1. The second-order valence-electron chi connectivity index (χ2n) is 3.32. The molecule has 88 valence electrons. The van der Waals surface area contributed by atoms with E-state index in [0.717, 1.165) is 4.70 Å². The van der Waals surface area contributed by atoms with Gasteiger partial charge in [0.05, 0.1) is 4.88 Å². The number of benzene rings is 1. The molecule has 1 amide bonds. The molecule has 0 spiro atoms. The lowest BCUT2D eigenvalue weighted by molar-refractivity contribution is 0.100. The molecule has 0 bridgehead atoms. The maximum Gasteiger partial charge on any atom is 0.258 e. The van der Waals surface area contributed by atoms with Gasteiger partial charge in [0.25, 0.3) is 5.91 Å². The van der Waals surface area contributed by atoms with Crippen molar-refractivity contribution in [1.29, 1.82) is 0 Å². The third-order valence-corrected chi connectivity index (χ3v) is 3.94. The number of hydrogen-bond acceptors (Lipinski definition) is 5. The molecule has 1 aromatic heterocycles. The number of primary amides is 1. The number of carbonyl (C=O) groups excluding carboxylic acids is 2. The minimum absolute atomic E-state index is 0.211. The Labute approximate surface area is 101 Å². The maximum atomic E-state index is 11.4. The van der Waals surface area contributed by atoms with Crippen LogP contribution in [0.3, 0.4) is 0 Å². The van der Waals surface area contributed by atoms with Crippen LogP contribution in [0.1, 0.15) is 20.0 Å². The standard InChI is InChI=1S/C10H8NO4PS/c11-9(12)8-4-6-3-5(10(13)16(14)15)1-2-7(6)17-8/h1-4,14-15H,(H2,11,12). The third-order valence-electron chi connectivity index (χ3n) is 2.19. The van der Waals surface area contributed by atoms with Crippen LogP contribution in [0.2, 0.25) is 0 Å². The first-order valence-corrected chi connectivity index (χ1v) is 6.61. The summed E-state index contributed by atoms with van der Waals surface area (Å²) in [5.41, 5.74) is 4.65. The summed E-state index contributed by atoms with van der Waals surface area (Å²) in [6, 6.07) is 6.24. The molecular weight excluding hydrogens is 261 g/mol. The molecule has 0 saturated heterocycles. The van der Waals surface area contributed by atoms with E-state index in [0.29, 0.717) is 10.3 Å². The summed E-state index contributed by atoms with van der Waals surface area (Å²) in [5.74, 6) is -0.523. The summed E-state index contributed by atoms with van der Waals surface area (Å²) >= 11 is 1.23. The fourth-order valence-corrected chi connectivity index (χ4v) is 2.68. The van der Waals surface area contributed by atoms with Gasteiger partial charge in [0, 0.05) is 10.3 Å². The molecule has 0 atom stereocenters. The van der Waals surface area contributed by atoms with Crippen molar-refractivity contribution in [3.05, 3.63) is 34.7 Å². The topological polar surface area (TPSA) is 101 Å². The molecular formula is C10H8NO4PS. The van der Waals surface area contributed by atoms with Crippen LogP contribution in [0.5, 0.6) is 0 Å². The lowest BCUT2D eigenvalue weighted by atomic mass is 10.2. The maximum absolute atomic E-state index is 11.4. The van der Waals surface area contributed by atoms with Gasteiger partial charge in [-0.2, -0.15) is 0 Å². The van der Waals surface area contributed by atoms with E-state index in [1.165, 1.54) is 23.5 Å². The van der Waals surface area contributed by atoms with E-state index in [1.54, 1.807) is 12.1 Å². The van der Waals surface area contributed by atoms with E-state index in [2.05, 4.69) is 0 Å². The normalized spacial score (nSPS) is 11.0. The Morgan fingerprint density at radius 1 is 1.24 bits per heavy atom. The molecule has 0 radical (unpaired) electrons. The fraction of sp³-hybridized carbons (Fsp3) is 0. The summed E-state index contributed by atoms with van der Waals surface area (Å²) < 4.78 is 0.815. The fourth-order valence-electron chi connectivity index (χ4n) is 1.41. The second-order valence-corrected chi connectivity index (χ2v) is 5.39. The van der Waals surface area contributed by atoms with Gasteiger partial charge in [-0.05, 0) is 29.7 Å². The highest BCUT2D eigenvalue weighted by Gasteiger charge is 2.16. The molecule has 0 aliphatic heterocycles. The Hall–Kier alpha value is -1.33. The van der Waals surface area contributed by atoms with E-state index >= 15 is 0 Å². The lowest BCUT2D eigenvalue weighted by Gasteiger charge is -2.00. The van der Waals surface area contributed by atoms with Crippen LogP contribution >= 0.6 is 19.7 Å². The zero-order valence-electron chi connectivity index (χ0n) is 8.45. The minimum Gasteiger partial charge on any atom is -0.365 e. The Morgan fingerprint density at radius 3 is 2.53 bits per heavy atom. The average Bonchev–Trinajstić information content (AvgIpc) is 2.70. The largest absolute Gasteiger partial charge is 0.365 e. The first-order chi connectivity index (χ1) is 7.99. The molecule has 4 N–H and O–H groups in total. The van der Waals surface area contributed by atoms with Gasteiger partial charge < -0.3 is 15.5 Å². The van der Waals surface area contributed by atoms with Crippen LogP contribution in [0.25, 0.3) is 10.1 Å². The van der Waals surface area contributed by atoms with Gasteiger partial charge in [-0.3, -0.25) is 9.59 Å². The Kier molecular flexibility index (Phi) is 3.22. The van der Waals surface area contributed by atoms with Crippen LogP contribution in [-0.2, 0) is 0 Å². The smallest absolute Gasteiger partial charge is 0.258 e. The highest BCUT2D eigenvalue weighted by atomic mass is 32.1. The molecule has 2 aromatic rings. The summed E-state index contributed by atoms with van der Waals surface area (Å²) in [7, 11) is -2.63. The third kappa shape index (κ3) is 2.35. The lowest BCUT2D eigenvalue weighted by Crippen LogP contribution is -2.07. The molecule has 0 fully saturated rings. The van der Waals surface area contributed by atoms with E-state index in [9.17, 15) is 9.59 Å². The van der Waals surface area contributed by atoms with Crippen LogP contribution in [0.15, 0.2) is 24.3 Å². The SMILES string of the molecule is NC(=O)c1cc2cc(C(=O)P(O)O)ccc2s1. The Balaban J connectivity index is 2.50. The summed E-state index contributed by atoms with van der Waals surface area (Å²) in [6.07, 6.45) is 0. The van der Waals surface area contributed by atoms with Gasteiger partial charge in [-0.1, -0.05) is 0 Å². The van der Waals surface area contributed by atoms with Gasteiger partial charge in [-0.15, -0.1) is 11.3 Å². The highest BCUT2D eigenvalue weighted by Crippen LogP contribution is 2.32. The number of nitrogens with two attached hydrogens (primary N) is 1. The van der Waals surface area contributed by atoms with Crippen molar-refractivity contribution in [1.82, 2.24) is 0 Å². The van der Waals surface area contributed by atoms with Gasteiger partial charge in [0.2, 0.25) is 13.9 Å². The number of thiophene rings is 1. The van der Waals surface area contributed by atoms with Crippen LogP contribution in [0, 0.1) is 0 Å². The predicted molar refractivity (Wildman–Crippen MR) is 66.0 cm³/mol. The molecule has 5 nitrogen and oxygen atoms in total. The van der Waals surface area contributed by atoms with Crippen molar-refractivity contribution < 1.29 is 19.4 Å². The first kappa shape index (κ1) is 12.1. The van der Waals surface area contributed by atoms with Gasteiger partial charge >= 0.3 is 0 Å². The molecule has 1 heterocycles. The zero-order chi connectivity index (χ0) is 12.6. The van der Waals surface area contributed by atoms with E-state index in [1.807, 2.05) is 0 Å². The van der Waals surface area contributed by atoms with E-state index < -0.39 is 19.8 Å². The molecule has 17 heavy (non-hydrogen) atoms. The van der Waals surface area contributed by atoms with Gasteiger partial charge in [-0.25, -0.2) is 0 Å². The van der Waals surface area contributed by atoms with E-state index in [4.69, 9.17) is 15.5 Å². The summed E-state index contributed by atoms with van der Waals surface area (Å²) in [5, 5.41) is 0.687. The summed E-state index contributed by atoms with van der Waals surface area (Å²) in [4.78, 5) is 40.4. The molecule has 0 saturated carbocycles. The minimum atomic E-state index is -2.63. The Bertz CT molecular complexity index is 607. The van der Waals surface area contributed by atoms with Crippen molar-refractivity contribution in [3.63, 3.8) is 0 Å². The molecule has 1 aromatic carbocycles. The van der Waals surface area contributed by atoms with E-state index in [-0.39, 0.29) is 5.56 Å². The number of hydrogen-bond donors (Lipinski definition) is 3. The molecule has 0 aliphatic rings. The molecule has 0 unspecified atom stereocenters. The number of rotatable bonds is 3. The predicted octanol–water partition coefficient (Wildman–Crippen LogP) is 1.44. The highest BCUT2D eigenvalue weighted by molar-refractivity contribution is 7.65. The number of amides is 1. The van der Waals surface area contributed by atoms with Crippen molar-refractivity contribution in [2.45, 2.75) is 0 Å². The first-order valence-electron chi connectivity index (χ1n) is 4.54. The van der Waals surface area contributed by atoms with Crippen LogP contribution in [0.4, 0.5) is 0 Å². The summed E-state index contributed by atoms with van der Waals surface area (Å²) in [6.45, 7) is 0. The second kappa shape index (κ2) is 4.50. The van der Waals surface area contributed by atoms with Crippen molar-refractivity contribution in [2.75, 3.05) is 0 Å². The Morgan fingerprint density at radius 2 is 1.94 bits per heavy atom. The van der Waals surface area contributed by atoms with Gasteiger partial charge in [0.15, 0.2) is 0 Å². The van der Waals surface area contributed by atoms with Crippen molar-refractivity contribution in [3.8, 4) is 0 Å². The molecule has 0 aliphatic carbocycles. The van der Waals surface area contributed by atoms with Crippen molar-refractivity contribution in [2.24, 2.45) is 5.73 Å². The van der Waals surface area contributed by atoms with Crippen molar-refractivity contribution >= 4 is 41.2 Å². The van der Waals surface area contributed by atoms with Crippen LogP contribution < -0.4 is 5.73 Å². The monoisotopic (exact) mass is 269 g/mol. The number of carbonyl (C=O) groups is 2. The van der Waals surface area contributed by atoms with Crippen LogP contribution in [-0.4, -0.2) is 21.2 Å². The van der Waals surface area contributed by atoms with Gasteiger partial charge in [0.1, 0.15) is 0 Å². The molecule has 7 heteroatoms. The average molecular weight is 269 g/mol. The molecule has 2 rings (SSSR count). The quantitative estimate of drug-likeness (QED) is 0.734. The zero-order valence-corrected chi connectivity index (χ0v) is 10.2.